The third-order valence-electron chi connectivity index (χ3n) is 3.46. The number of hydrogen-bond acceptors (Lipinski definition) is 2. The number of carbonyl (C=O) groups excluding carboxylic acids is 1. The molecule has 1 aliphatic rings. The molecule has 1 N–H and O–H groups in total. The Labute approximate surface area is 113 Å². The SMILES string of the molecule is C[C@@H](Oc1ccccc1F)C(=O)NC1CCCCC1. The number of amides is 1. The molecule has 0 unspecified atom stereocenters. The summed E-state index contributed by atoms with van der Waals surface area (Å²) in [4.78, 5) is 12.0. The first-order valence-corrected chi connectivity index (χ1v) is 6.88. The summed E-state index contributed by atoms with van der Waals surface area (Å²) in [5, 5.41) is 2.97. The van der Waals surface area contributed by atoms with Gasteiger partial charge in [-0.2, -0.15) is 0 Å². The van der Waals surface area contributed by atoms with Crippen molar-refractivity contribution in [3.8, 4) is 5.75 Å². The van der Waals surface area contributed by atoms with Crippen molar-refractivity contribution in [2.24, 2.45) is 0 Å². The van der Waals surface area contributed by atoms with Crippen molar-refractivity contribution in [1.29, 1.82) is 0 Å². The van der Waals surface area contributed by atoms with Crippen molar-refractivity contribution in [2.45, 2.75) is 51.2 Å². The summed E-state index contributed by atoms with van der Waals surface area (Å²) >= 11 is 0. The van der Waals surface area contributed by atoms with Crippen LogP contribution in [0.3, 0.4) is 0 Å². The van der Waals surface area contributed by atoms with Crippen molar-refractivity contribution in [3.63, 3.8) is 0 Å². The molecule has 1 atom stereocenters. The molecule has 1 amide bonds. The largest absolute Gasteiger partial charge is 0.478 e. The number of benzene rings is 1. The second-order valence-electron chi connectivity index (χ2n) is 5.03. The van der Waals surface area contributed by atoms with Gasteiger partial charge in [0.25, 0.3) is 5.91 Å². The van der Waals surface area contributed by atoms with Crippen LogP contribution in [0, 0.1) is 5.82 Å². The summed E-state index contributed by atoms with van der Waals surface area (Å²) in [6.07, 6.45) is 4.93. The highest BCUT2D eigenvalue weighted by molar-refractivity contribution is 5.81. The Morgan fingerprint density at radius 2 is 2.00 bits per heavy atom. The van der Waals surface area contributed by atoms with E-state index >= 15 is 0 Å². The van der Waals surface area contributed by atoms with E-state index < -0.39 is 11.9 Å². The van der Waals surface area contributed by atoms with Gasteiger partial charge in [-0.15, -0.1) is 0 Å². The van der Waals surface area contributed by atoms with E-state index in [1.54, 1.807) is 19.1 Å². The van der Waals surface area contributed by atoms with E-state index in [-0.39, 0.29) is 17.7 Å². The Hall–Kier alpha value is -1.58. The first kappa shape index (κ1) is 13.8. The maximum absolute atomic E-state index is 13.4. The highest BCUT2D eigenvalue weighted by Crippen LogP contribution is 2.19. The molecule has 1 saturated carbocycles. The van der Waals surface area contributed by atoms with Gasteiger partial charge in [-0.25, -0.2) is 4.39 Å². The lowest BCUT2D eigenvalue weighted by molar-refractivity contribution is -0.128. The normalized spacial score (nSPS) is 17.8. The van der Waals surface area contributed by atoms with Gasteiger partial charge in [-0.1, -0.05) is 31.4 Å². The predicted octanol–water partition coefficient (Wildman–Crippen LogP) is 3.04. The summed E-state index contributed by atoms with van der Waals surface area (Å²) in [5.74, 6) is -0.497. The van der Waals surface area contributed by atoms with Crippen LogP contribution in [0.5, 0.6) is 5.75 Å². The molecule has 3 nitrogen and oxygen atoms in total. The minimum absolute atomic E-state index is 0.119. The van der Waals surface area contributed by atoms with Crippen LogP contribution in [0.2, 0.25) is 0 Å². The molecule has 0 radical (unpaired) electrons. The average Bonchev–Trinajstić information content (AvgIpc) is 2.42. The van der Waals surface area contributed by atoms with Crippen LogP contribution in [-0.4, -0.2) is 18.1 Å². The summed E-state index contributed by atoms with van der Waals surface area (Å²) in [5.41, 5.74) is 0. The second kappa shape index (κ2) is 6.55. The third-order valence-corrected chi connectivity index (χ3v) is 3.46. The molecule has 0 saturated heterocycles. The van der Waals surface area contributed by atoms with Gasteiger partial charge in [-0.05, 0) is 31.9 Å². The molecular weight excluding hydrogens is 245 g/mol. The van der Waals surface area contributed by atoms with E-state index in [1.165, 1.54) is 18.6 Å². The van der Waals surface area contributed by atoms with Crippen molar-refractivity contribution in [3.05, 3.63) is 30.1 Å². The summed E-state index contributed by atoms with van der Waals surface area (Å²) in [7, 11) is 0. The fourth-order valence-corrected chi connectivity index (χ4v) is 2.35. The Bertz CT molecular complexity index is 430. The van der Waals surface area contributed by atoms with Gasteiger partial charge in [0.15, 0.2) is 17.7 Å². The zero-order chi connectivity index (χ0) is 13.7. The highest BCUT2D eigenvalue weighted by Gasteiger charge is 2.21. The van der Waals surface area contributed by atoms with Crippen molar-refractivity contribution >= 4 is 5.91 Å². The van der Waals surface area contributed by atoms with E-state index in [0.717, 1.165) is 25.7 Å². The van der Waals surface area contributed by atoms with Crippen LogP contribution in [0.15, 0.2) is 24.3 Å². The van der Waals surface area contributed by atoms with Gasteiger partial charge in [-0.3, -0.25) is 4.79 Å². The molecule has 4 heteroatoms. The number of hydrogen-bond donors (Lipinski definition) is 1. The number of carbonyl (C=O) groups is 1. The van der Waals surface area contributed by atoms with Gasteiger partial charge in [0, 0.05) is 6.04 Å². The Balaban J connectivity index is 1.87. The zero-order valence-electron chi connectivity index (χ0n) is 11.2. The summed E-state index contributed by atoms with van der Waals surface area (Å²) in [6, 6.07) is 6.37. The van der Waals surface area contributed by atoms with Gasteiger partial charge in [0.2, 0.25) is 0 Å². The molecule has 1 aliphatic carbocycles. The monoisotopic (exact) mass is 265 g/mol. The van der Waals surface area contributed by atoms with E-state index in [9.17, 15) is 9.18 Å². The molecule has 0 heterocycles. The molecule has 0 bridgehead atoms. The van der Waals surface area contributed by atoms with Crippen molar-refractivity contribution < 1.29 is 13.9 Å². The average molecular weight is 265 g/mol. The van der Waals surface area contributed by atoms with E-state index in [1.807, 2.05) is 0 Å². The van der Waals surface area contributed by atoms with Crippen LogP contribution in [-0.2, 0) is 4.79 Å². The van der Waals surface area contributed by atoms with E-state index in [2.05, 4.69) is 5.32 Å². The van der Waals surface area contributed by atoms with Crippen LogP contribution in [0.25, 0.3) is 0 Å². The number of halogens is 1. The molecule has 0 spiro atoms. The first-order chi connectivity index (χ1) is 9.16. The minimum Gasteiger partial charge on any atom is -0.478 e. The molecular formula is C15H20FNO2. The number of nitrogens with one attached hydrogen (secondary N) is 1. The van der Waals surface area contributed by atoms with E-state index in [0.29, 0.717) is 0 Å². The molecule has 2 rings (SSSR count). The summed E-state index contributed by atoms with van der Waals surface area (Å²) < 4.78 is 18.8. The van der Waals surface area contributed by atoms with Crippen LogP contribution >= 0.6 is 0 Å². The van der Waals surface area contributed by atoms with Crippen LogP contribution in [0.1, 0.15) is 39.0 Å². The minimum atomic E-state index is -0.682. The number of rotatable bonds is 4. The zero-order valence-corrected chi connectivity index (χ0v) is 11.2. The Morgan fingerprint density at radius 1 is 1.32 bits per heavy atom. The van der Waals surface area contributed by atoms with E-state index in [4.69, 9.17) is 4.74 Å². The van der Waals surface area contributed by atoms with Gasteiger partial charge < -0.3 is 10.1 Å². The molecule has 1 aromatic rings. The second-order valence-corrected chi connectivity index (χ2v) is 5.03. The first-order valence-electron chi connectivity index (χ1n) is 6.88. The molecule has 0 aliphatic heterocycles. The topological polar surface area (TPSA) is 38.3 Å². The number of ether oxygens (including phenoxy) is 1. The Morgan fingerprint density at radius 3 is 2.68 bits per heavy atom. The van der Waals surface area contributed by atoms with Crippen LogP contribution < -0.4 is 10.1 Å². The van der Waals surface area contributed by atoms with Gasteiger partial charge in [0.1, 0.15) is 0 Å². The fourth-order valence-electron chi connectivity index (χ4n) is 2.35. The lowest BCUT2D eigenvalue weighted by Gasteiger charge is -2.24. The molecule has 1 fully saturated rings. The van der Waals surface area contributed by atoms with Gasteiger partial charge >= 0.3 is 0 Å². The third kappa shape index (κ3) is 3.94. The molecule has 19 heavy (non-hydrogen) atoms. The predicted molar refractivity (Wildman–Crippen MR) is 71.5 cm³/mol. The standard InChI is InChI=1S/C15H20FNO2/c1-11(19-14-10-6-5-9-13(14)16)15(18)17-12-7-3-2-4-8-12/h5-6,9-12H,2-4,7-8H2,1H3,(H,17,18)/t11-/m1/s1. The van der Waals surface area contributed by atoms with Crippen molar-refractivity contribution in [1.82, 2.24) is 5.32 Å². The lowest BCUT2D eigenvalue weighted by atomic mass is 9.95. The maximum atomic E-state index is 13.4. The van der Waals surface area contributed by atoms with Crippen molar-refractivity contribution in [2.75, 3.05) is 0 Å². The molecule has 1 aromatic carbocycles. The molecule has 0 aromatic heterocycles. The number of para-hydroxylation sites is 1. The fraction of sp³-hybridized carbons (Fsp3) is 0.533. The summed E-state index contributed by atoms with van der Waals surface area (Å²) in [6.45, 7) is 1.64. The maximum Gasteiger partial charge on any atom is 0.260 e. The van der Waals surface area contributed by atoms with Crippen LogP contribution in [0.4, 0.5) is 4.39 Å². The smallest absolute Gasteiger partial charge is 0.260 e. The molecule has 104 valence electrons. The Kier molecular flexibility index (Phi) is 4.77. The lowest BCUT2D eigenvalue weighted by Crippen LogP contribution is -2.43. The van der Waals surface area contributed by atoms with Gasteiger partial charge in [0.05, 0.1) is 0 Å². The highest BCUT2D eigenvalue weighted by atomic mass is 19.1. The quantitative estimate of drug-likeness (QED) is 0.908.